The number of nitrogens with one attached hydrogen (secondary N) is 2. The summed E-state index contributed by atoms with van der Waals surface area (Å²) in [4.78, 5) is 36.2. The zero-order valence-electron chi connectivity index (χ0n) is 14.7. The molecule has 3 aromatic heterocycles. The lowest BCUT2D eigenvalue weighted by Crippen LogP contribution is -2.16. The Morgan fingerprint density at radius 3 is 2.57 bits per heavy atom. The third kappa shape index (κ3) is 4.17. The first-order valence-electron chi connectivity index (χ1n) is 8.74. The van der Waals surface area contributed by atoms with Crippen LogP contribution in [0.25, 0.3) is 11.1 Å². The number of pyridine rings is 3. The molecule has 3 heterocycles. The summed E-state index contributed by atoms with van der Waals surface area (Å²) in [6.45, 7) is 0. The van der Waals surface area contributed by atoms with Crippen LogP contribution in [0, 0.1) is 11.9 Å². The molecule has 1 saturated carbocycles. The van der Waals surface area contributed by atoms with Gasteiger partial charge in [-0.15, -0.1) is 0 Å². The van der Waals surface area contributed by atoms with E-state index in [0.717, 1.165) is 12.8 Å². The fourth-order valence-electron chi connectivity index (χ4n) is 2.63. The molecule has 0 aromatic carbocycles. The summed E-state index contributed by atoms with van der Waals surface area (Å²) in [6.07, 6.45) is 7.75. The average Bonchev–Trinajstić information content (AvgIpc) is 3.54. The van der Waals surface area contributed by atoms with Crippen molar-refractivity contribution in [1.82, 2.24) is 15.0 Å². The third-order valence-corrected chi connectivity index (χ3v) is 4.28. The molecule has 0 radical (unpaired) electrons. The highest BCUT2D eigenvalue weighted by atomic mass is 19.1. The minimum Gasteiger partial charge on any atom is -0.321 e. The number of carbonyl (C=O) groups is 2. The number of nitrogens with zero attached hydrogens (tertiary/aromatic N) is 3. The minimum atomic E-state index is -0.566. The van der Waals surface area contributed by atoms with E-state index in [1.54, 1.807) is 24.4 Å². The molecule has 0 bridgehead atoms. The van der Waals surface area contributed by atoms with Crippen LogP contribution in [0.2, 0.25) is 0 Å². The lowest BCUT2D eigenvalue weighted by molar-refractivity contribution is -0.117. The number of anilines is 2. The van der Waals surface area contributed by atoms with Crippen LogP contribution in [0.15, 0.2) is 55.1 Å². The molecule has 2 amide bonds. The van der Waals surface area contributed by atoms with Crippen LogP contribution in [0.4, 0.5) is 15.9 Å². The molecule has 28 heavy (non-hydrogen) atoms. The van der Waals surface area contributed by atoms with Gasteiger partial charge < -0.3 is 10.6 Å². The summed E-state index contributed by atoms with van der Waals surface area (Å²) < 4.78 is 13.0. The van der Waals surface area contributed by atoms with E-state index in [1.807, 2.05) is 0 Å². The molecule has 0 atom stereocenters. The predicted molar refractivity (Wildman–Crippen MR) is 101 cm³/mol. The number of rotatable bonds is 5. The molecule has 2 N–H and O–H groups in total. The van der Waals surface area contributed by atoms with E-state index >= 15 is 0 Å². The van der Waals surface area contributed by atoms with E-state index in [0.29, 0.717) is 28.2 Å². The van der Waals surface area contributed by atoms with Crippen LogP contribution in [0.5, 0.6) is 0 Å². The molecule has 140 valence electrons. The van der Waals surface area contributed by atoms with Crippen LogP contribution >= 0.6 is 0 Å². The maximum atomic E-state index is 13.0. The van der Waals surface area contributed by atoms with E-state index in [9.17, 15) is 14.0 Å². The number of halogens is 1. The van der Waals surface area contributed by atoms with Gasteiger partial charge in [-0.25, -0.2) is 9.97 Å². The van der Waals surface area contributed by atoms with Crippen molar-refractivity contribution in [2.45, 2.75) is 12.8 Å². The summed E-state index contributed by atoms with van der Waals surface area (Å²) in [7, 11) is 0. The second kappa shape index (κ2) is 7.51. The van der Waals surface area contributed by atoms with Gasteiger partial charge in [0.25, 0.3) is 5.91 Å². The maximum absolute atomic E-state index is 13.0. The first-order valence-corrected chi connectivity index (χ1v) is 8.74. The third-order valence-electron chi connectivity index (χ3n) is 4.28. The van der Waals surface area contributed by atoms with Crippen molar-refractivity contribution in [3.8, 4) is 11.1 Å². The average molecular weight is 377 g/mol. The van der Waals surface area contributed by atoms with Crippen LogP contribution < -0.4 is 10.6 Å². The van der Waals surface area contributed by atoms with E-state index in [2.05, 4.69) is 25.6 Å². The summed E-state index contributed by atoms with van der Waals surface area (Å²) in [5, 5.41) is 5.48. The Kier molecular flexibility index (Phi) is 4.76. The molecular weight excluding hydrogens is 361 g/mol. The molecule has 3 aromatic rings. The highest BCUT2D eigenvalue weighted by Crippen LogP contribution is 2.30. The van der Waals surface area contributed by atoms with Crippen molar-refractivity contribution < 1.29 is 14.0 Å². The molecule has 0 unspecified atom stereocenters. The SMILES string of the molecule is O=C(Nc1cncc(-c2ccc(F)nc2)c1)c1ccnc(NC(=O)C2CC2)c1. The Bertz CT molecular complexity index is 1030. The van der Waals surface area contributed by atoms with Crippen molar-refractivity contribution in [1.29, 1.82) is 0 Å². The molecule has 0 saturated heterocycles. The summed E-state index contributed by atoms with van der Waals surface area (Å²) in [5.41, 5.74) is 2.21. The normalized spacial score (nSPS) is 13.0. The van der Waals surface area contributed by atoms with Gasteiger partial charge in [-0.2, -0.15) is 4.39 Å². The molecule has 1 aliphatic carbocycles. The van der Waals surface area contributed by atoms with Gasteiger partial charge in [-0.05, 0) is 43.2 Å². The van der Waals surface area contributed by atoms with E-state index in [4.69, 9.17) is 0 Å². The zero-order valence-corrected chi connectivity index (χ0v) is 14.7. The Morgan fingerprint density at radius 2 is 1.82 bits per heavy atom. The van der Waals surface area contributed by atoms with Gasteiger partial charge in [0.15, 0.2) is 0 Å². The number of aromatic nitrogens is 3. The maximum Gasteiger partial charge on any atom is 0.255 e. The van der Waals surface area contributed by atoms with Crippen LogP contribution in [0.3, 0.4) is 0 Å². The largest absolute Gasteiger partial charge is 0.321 e. The smallest absolute Gasteiger partial charge is 0.255 e. The standard InChI is InChI=1S/C20H16FN5O2/c21-17-4-3-14(10-24-17)15-7-16(11-22-9-15)25-20(28)13-5-6-23-18(8-13)26-19(27)12-1-2-12/h3-12H,1-2H2,(H,25,28)(H,23,26,27). The fourth-order valence-corrected chi connectivity index (χ4v) is 2.63. The molecule has 1 aliphatic rings. The first-order chi connectivity index (χ1) is 13.6. The van der Waals surface area contributed by atoms with Gasteiger partial charge in [-0.3, -0.25) is 14.6 Å². The van der Waals surface area contributed by atoms with Crippen molar-refractivity contribution in [2.75, 3.05) is 10.6 Å². The number of hydrogen-bond acceptors (Lipinski definition) is 5. The van der Waals surface area contributed by atoms with Crippen molar-refractivity contribution in [2.24, 2.45) is 5.92 Å². The summed E-state index contributed by atoms with van der Waals surface area (Å²) >= 11 is 0. The molecule has 4 rings (SSSR count). The van der Waals surface area contributed by atoms with Gasteiger partial charge in [0.1, 0.15) is 5.82 Å². The van der Waals surface area contributed by atoms with Gasteiger partial charge in [0, 0.05) is 41.2 Å². The predicted octanol–water partition coefficient (Wildman–Crippen LogP) is 3.28. The Balaban J connectivity index is 1.48. The van der Waals surface area contributed by atoms with E-state index in [1.165, 1.54) is 30.7 Å². The Labute approximate surface area is 160 Å². The molecule has 0 spiro atoms. The highest BCUT2D eigenvalue weighted by Gasteiger charge is 2.29. The Hall–Kier alpha value is -3.68. The fraction of sp³-hybridized carbons (Fsp3) is 0.150. The van der Waals surface area contributed by atoms with Crippen molar-refractivity contribution >= 4 is 23.3 Å². The molecule has 0 aliphatic heterocycles. The monoisotopic (exact) mass is 377 g/mol. The molecule has 1 fully saturated rings. The molecular formula is C20H16FN5O2. The lowest BCUT2D eigenvalue weighted by Gasteiger charge is -2.08. The second-order valence-corrected chi connectivity index (χ2v) is 6.48. The summed E-state index contributed by atoms with van der Waals surface area (Å²) in [5.74, 6) is -0.610. The zero-order chi connectivity index (χ0) is 19.5. The minimum absolute atomic E-state index is 0.0500. The van der Waals surface area contributed by atoms with Gasteiger partial charge in [0.05, 0.1) is 11.9 Å². The molecule has 7 nitrogen and oxygen atoms in total. The van der Waals surface area contributed by atoms with Gasteiger partial charge >= 0.3 is 0 Å². The topological polar surface area (TPSA) is 96.9 Å². The van der Waals surface area contributed by atoms with Crippen LogP contribution in [-0.2, 0) is 4.79 Å². The quantitative estimate of drug-likeness (QED) is 0.665. The van der Waals surface area contributed by atoms with Crippen molar-refractivity contribution in [3.05, 3.63) is 66.6 Å². The number of amides is 2. The van der Waals surface area contributed by atoms with E-state index in [-0.39, 0.29) is 17.7 Å². The Morgan fingerprint density at radius 1 is 0.964 bits per heavy atom. The first kappa shape index (κ1) is 17.7. The lowest BCUT2D eigenvalue weighted by atomic mass is 10.1. The van der Waals surface area contributed by atoms with Crippen LogP contribution in [-0.4, -0.2) is 26.8 Å². The van der Waals surface area contributed by atoms with Crippen LogP contribution in [0.1, 0.15) is 23.2 Å². The molecule has 8 heteroatoms. The van der Waals surface area contributed by atoms with Crippen molar-refractivity contribution in [3.63, 3.8) is 0 Å². The number of carbonyl (C=O) groups excluding carboxylic acids is 2. The number of hydrogen-bond donors (Lipinski definition) is 2. The highest BCUT2D eigenvalue weighted by molar-refractivity contribution is 6.05. The second-order valence-electron chi connectivity index (χ2n) is 6.48. The van der Waals surface area contributed by atoms with E-state index < -0.39 is 5.95 Å². The summed E-state index contributed by atoms with van der Waals surface area (Å²) in [6, 6.07) is 7.65. The van der Waals surface area contributed by atoms with Gasteiger partial charge in [-0.1, -0.05) is 0 Å². The van der Waals surface area contributed by atoms with Gasteiger partial charge in [0.2, 0.25) is 11.9 Å².